The number of methoxy groups -OCH3 is 2. The van der Waals surface area contributed by atoms with Gasteiger partial charge in [-0.15, -0.1) is 0 Å². The van der Waals surface area contributed by atoms with Gasteiger partial charge in [0.25, 0.3) is 0 Å². The number of nitrogens with zero attached hydrogens (tertiary/aromatic N) is 2. The molecule has 2 N–H and O–H groups in total. The lowest BCUT2D eigenvalue weighted by molar-refractivity contribution is 0.397. The summed E-state index contributed by atoms with van der Waals surface area (Å²) in [6, 6.07) is 38.0. The van der Waals surface area contributed by atoms with Gasteiger partial charge >= 0.3 is 0 Å². The van der Waals surface area contributed by atoms with Gasteiger partial charge in [0, 0.05) is 22.3 Å². The van der Waals surface area contributed by atoms with Crippen LogP contribution in [0.15, 0.2) is 109 Å². The molecule has 6 heteroatoms. The van der Waals surface area contributed by atoms with Crippen molar-refractivity contribution in [1.82, 2.24) is 19.9 Å². The smallest absolute Gasteiger partial charge is 0.130 e. The molecule has 5 heterocycles. The van der Waals surface area contributed by atoms with Gasteiger partial charge in [-0.3, -0.25) is 0 Å². The molecule has 0 amide bonds. The van der Waals surface area contributed by atoms with E-state index < -0.39 is 0 Å². The first-order chi connectivity index (χ1) is 29.0. The molecule has 0 spiro atoms. The summed E-state index contributed by atoms with van der Waals surface area (Å²) in [5.74, 6) is 1.40. The number of nitrogens with one attached hydrogen (secondary N) is 2. The van der Waals surface area contributed by atoms with E-state index in [1.165, 1.54) is 5.56 Å². The van der Waals surface area contributed by atoms with Crippen LogP contribution < -0.4 is 9.47 Å². The number of ether oxygens (including phenoxy) is 2. The highest BCUT2D eigenvalue weighted by atomic mass is 16.5. The van der Waals surface area contributed by atoms with Crippen molar-refractivity contribution in [3.05, 3.63) is 154 Å². The zero-order valence-corrected chi connectivity index (χ0v) is 36.1. The summed E-state index contributed by atoms with van der Waals surface area (Å²) in [7, 11) is 3.44. The van der Waals surface area contributed by atoms with Gasteiger partial charge in [0.15, 0.2) is 0 Å². The number of allylic oxidation sites excluding steroid dienone is 4. The molecule has 0 aliphatic carbocycles. The lowest BCUT2D eigenvalue weighted by Gasteiger charge is -2.15. The van der Waals surface area contributed by atoms with Crippen LogP contribution >= 0.6 is 0 Å². The minimum atomic E-state index is 0.700. The highest BCUT2D eigenvalue weighted by molar-refractivity contribution is 6.09. The summed E-state index contributed by atoms with van der Waals surface area (Å²) in [6.45, 7) is 17.7. The van der Waals surface area contributed by atoms with E-state index in [4.69, 9.17) is 19.4 Å². The first kappa shape index (κ1) is 38.6. The van der Waals surface area contributed by atoms with E-state index >= 15 is 0 Å². The summed E-state index contributed by atoms with van der Waals surface area (Å²) in [5.41, 5.74) is 24.9. The number of hydrogen-bond donors (Lipinski definition) is 2. The number of fused-ring (bicyclic) bond motifs is 8. The number of benzene rings is 4. The van der Waals surface area contributed by atoms with E-state index in [0.717, 1.165) is 128 Å². The van der Waals surface area contributed by atoms with Gasteiger partial charge in [0.05, 0.1) is 64.6 Å². The van der Waals surface area contributed by atoms with Crippen LogP contribution in [-0.2, 0) is 0 Å². The minimum absolute atomic E-state index is 0.700. The van der Waals surface area contributed by atoms with Crippen LogP contribution in [-0.4, -0.2) is 34.2 Å². The molecule has 2 aliphatic rings. The van der Waals surface area contributed by atoms with Crippen LogP contribution in [0.25, 0.3) is 88.9 Å². The van der Waals surface area contributed by atoms with Crippen molar-refractivity contribution in [1.29, 1.82) is 0 Å². The second-order valence-corrected chi connectivity index (χ2v) is 16.0. The fourth-order valence-corrected chi connectivity index (χ4v) is 9.09. The number of aryl methyl sites for hydroxylation is 4. The molecule has 7 aromatic rings. The lowest BCUT2D eigenvalue weighted by Crippen LogP contribution is -1.97. The number of hydrogen-bond acceptors (Lipinski definition) is 4. The van der Waals surface area contributed by atoms with Gasteiger partial charge in [0.2, 0.25) is 0 Å². The molecular formula is C54H50N4O2. The van der Waals surface area contributed by atoms with Crippen molar-refractivity contribution in [2.24, 2.45) is 0 Å². The third kappa shape index (κ3) is 5.92. The zero-order valence-electron chi connectivity index (χ0n) is 36.1. The van der Waals surface area contributed by atoms with Crippen LogP contribution in [0, 0.1) is 27.7 Å². The average molecular weight is 787 g/mol. The van der Waals surface area contributed by atoms with Crippen molar-refractivity contribution in [3.63, 3.8) is 0 Å². The molecule has 9 rings (SSSR count). The molecule has 6 nitrogen and oxygen atoms in total. The molecule has 60 heavy (non-hydrogen) atoms. The Balaban J connectivity index is 1.65. The van der Waals surface area contributed by atoms with Crippen molar-refractivity contribution < 1.29 is 9.47 Å². The lowest BCUT2D eigenvalue weighted by atomic mass is 9.94. The van der Waals surface area contributed by atoms with E-state index in [0.29, 0.717) is 11.5 Å². The second-order valence-electron chi connectivity index (χ2n) is 16.0. The molecule has 0 radical (unpaired) electrons. The van der Waals surface area contributed by atoms with Gasteiger partial charge in [-0.1, -0.05) is 97.1 Å². The summed E-state index contributed by atoms with van der Waals surface area (Å²) < 4.78 is 12.3. The fourth-order valence-electron chi connectivity index (χ4n) is 9.09. The van der Waals surface area contributed by atoms with Gasteiger partial charge in [0.1, 0.15) is 11.5 Å². The summed E-state index contributed by atoms with van der Waals surface area (Å²) in [6.07, 6.45) is 0. The Bertz CT molecular complexity index is 3050. The maximum atomic E-state index is 6.17. The highest BCUT2D eigenvalue weighted by Crippen LogP contribution is 2.49. The molecule has 0 unspecified atom stereocenters. The van der Waals surface area contributed by atoms with Gasteiger partial charge in [-0.25, -0.2) is 9.97 Å². The van der Waals surface area contributed by atoms with E-state index in [2.05, 4.69) is 156 Å². The minimum Gasteiger partial charge on any atom is -0.496 e. The Labute approximate surface area is 352 Å². The van der Waals surface area contributed by atoms with Crippen LogP contribution in [0.2, 0.25) is 0 Å². The Morgan fingerprint density at radius 2 is 0.617 bits per heavy atom. The molecule has 0 saturated heterocycles. The molecule has 8 bridgehead atoms. The number of aromatic amines is 2. The van der Waals surface area contributed by atoms with Gasteiger partial charge in [-0.2, -0.15) is 0 Å². The predicted molar refractivity (Wildman–Crippen MR) is 251 cm³/mol. The molecule has 3 aromatic heterocycles. The van der Waals surface area contributed by atoms with E-state index in [1.54, 1.807) is 14.2 Å². The Morgan fingerprint density at radius 3 is 0.917 bits per heavy atom. The van der Waals surface area contributed by atoms with Gasteiger partial charge in [-0.05, 0) is 129 Å². The molecular weight excluding hydrogens is 737 g/mol. The Kier molecular flexibility index (Phi) is 9.67. The van der Waals surface area contributed by atoms with Crippen LogP contribution in [0.4, 0.5) is 0 Å². The third-order valence-corrected chi connectivity index (χ3v) is 12.9. The maximum Gasteiger partial charge on any atom is 0.130 e. The Hall–Kier alpha value is -6.92. The average Bonchev–Trinajstić information content (AvgIpc) is 3.94. The maximum absolute atomic E-state index is 6.17. The normalized spacial score (nSPS) is 12.7. The van der Waals surface area contributed by atoms with E-state index in [-0.39, 0.29) is 0 Å². The van der Waals surface area contributed by atoms with E-state index in [9.17, 15) is 0 Å². The summed E-state index contributed by atoms with van der Waals surface area (Å²) in [4.78, 5) is 19.6. The molecule has 4 aromatic carbocycles. The van der Waals surface area contributed by atoms with Crippen LogP contribution in [0.3, 0.4) is 0 Å². The van der Waals surface area contributed by atoms with Gasteiger partial charge < -0.3 is 19.4 Å². The first-order valence-electron chi connectivity index (χ1n) is 20.6. The SMILES string of the molecule is COc1cccc(OC)c1-c1c2nc(c(-c3ccccc3)c3[nH]c(c(C)c3C)c(-c3ccccc3)c3nc(c(-c4ccccc4)c4[nH]c1c(C)c4C)C(C)=C3C)C(C)=C2C. The standard InChI is InChI=1S/C54H50N4O2/c1-29-31(3)49-43(38-23-16-12-17-24-38)51-33(5)35(7)53(57-51)46(45-40(59-9)27-20-28-41(45)60-10)54-36(8)34(6)52(58-54)44(39-25-18-13-19-26-39)50-32(4)30(2)48(56-50)42(47(29)55-49)37-21-14-11-15-22-37/h11-28,55,58H,1-10H3. The number of H-pyrrole nitrogens is 2. The molecule has 0 atom stereocenters. The second kappa shape index (κ2) is 15.0. The van der Waals surface area contributed by atoms with Crippen molar-refractivity contribution in [2.75, 3.05) is 14.2 Å². The molecule has 298 valence electrons. The first-order valence-corrected chi connectivity index (χ1v) is 20.6. The van der Waals surface area contributed by atoms with Crippen LogP contribution in [0.1, 0.15) is 72.7 Å². The van der Waals surface area contributed by atoms with Crippen molar-refractivity contribution in [2.45, 2.75) is 55.4 Å². The predicted octanol–water partition coefficient (Wildman–Crippen LogP) is 14.1. The molecule has 2 aliphatic heterocycles. The molecule has 0 saturated carbocycles. The summed E-state index contributed by atoms with van der Waals surface area (Å²) >= 11 is 0. The summed E-state index contributed by atoms with van der Waals surface area (Å²) in [5, 5.41) is 0. The fraction of sp³-hybridized carbons (Fsp3) is 0.185. The number of aromatic nitrogens is 4. The monoisotopic (exact) mass is 786 g/mol. The third-order valence-electron chi connectivity index (χ3n) is 12.9. The Morgan fingerprint density at radius 1 is 0.333 bits per heavy atom. The quantitative estimate of drug-likeness (QED) is 0.176. The molecule has 0 fully saturated rings. The largest absolute Gasteiger partial charge is 0.496 e. The van der Waals surface area contributed by atoms with Crippen molar-refractivity contribution in [3.8, 4) is 56.0 Å². The topological polar surface area (TPSA) is 75.8 Å². The zero-order chi connectivity index (χ0) is 42.0. The highest BCUT2D eigenvalue weighted by Gasteiger charge is 2.30. The number of rotatable bonds is 6. The van der Waals surface area contributed by atoms with Crippen molar-refractivity contribution >= 4 is 44.4 Å². The van der Waals surface area contributed by atoms with E-state index in [1.807, 2.05) is 18.2 Å². The van der Waals surface area contributed by atoms with Crippen LogP contribution in [0.5, 0.6) is 11.5 Å².